The summed E-state index contributed by atoms with van der Waals surface area (Å²) in [5.41, 5.74) is 0. The van der Waals surface area contributed by atoms with Crippen molar-refractivity contribution in [2.45, 2.75) is 25.9 Å². The van der Waals surface area contributed by atoms with Gasteiger partial charge in [0.15, 0.2) is 5.82 Å². The third-order valence-electron chi connectivity index (χ3n) is 3.45. The number of carbonyl (C=O) groups is 1. The molecule has 1 amide bonds. The van der Waals surface area contributed by atoms with E-state index < -0.39 is 6.55 Å². The fourth-order valence-electron chi connectivity index (χ4n) is 2.36. The first-order chi connectivity index (χ1) is 10.0. The lowest BCUT2D eigenvalue weighted by atomic mass is 9.97. The molecule has 1 atom stereocenters. The molecule has 1 aliphatic heterocycles. The summed E-state index contributed by atoms with van der Waals surface area (Å²) in [4.78, 5) is 16.4. The van der Waals surface area contributed by atoms with Crippen LogP contribution in [-0.2, 0) is 17.8 Å². The van der Waals surface area contributed by atoms with Gasteiger partial charge in [0.2, 0.25) is 5.91 Å². The monoisotopic (exact) mass is 359 g/mol. The highest BCUT2D eigenvalue weighted by Gasteiger charge is 2.27. The predicted molar refractivity (Wildman–Crippen MR) is 73.8 cm³/mol. The number of halogens is 3. The van der Waals surface area contributed by atoms with Gasteiger partial charge in [0.1, 0.15) is 10.4 Å². The molecule has 6 nitrogen and oxygen atoms in total. The van der Waals surface area contributed by atoms with Gasteiger partial charge in [-0.05, 0) is 22.4 Å². The minimum atomic E-state index is -2.71. The van der Waals surface area contributed by atoms with Gasteiger partial charge in [0.25, 0.3) is 0 Å². The van der Waals surface area contributed by atoms with Crippen molar-refractivity contribution >= 4 is 27.7 Å². The molecule has 3 rings (SSSR count). The number of nitrogens with one attached hydrogen (secondary N) is 1. The van der Waals surface area contributed by atoms with Crippen molar-refractivity contribution in [2.24, 2.45) is 5.92 Å². The van der Waals surface area contributed by atoms with E-state index in [-0.39, 0.29) is 17.6 Å². The van der Waals surface area contributed by atoms with E-state index in [2.05, 4.69) is 31.3 Å². The number of fused-ring (bicyclic) bond motifs is 1. The first kappa shape index (κ1) is 14.2. The standard InChI is InChI=1S/C12H12BrF2N5O/c13-8-6-16-10-5-7(1-3-19(8)10)11(21)17-9-2-4-20(18-9)12(14)15/h2,4,6-7,12H,1,3,5H2,(H,17,18,21). The second-order valence-corrected chi connectivity index (χ2v) is 5.60. The van der Waals surface area contributed by atoms with Crippen molar-refractivity contribution in [1.82, 2.24) is 19.3 Å². The van der Waals surface area contributed by atoms with Crippen LogP contribution in [-0.4, -0.2) is 25.2 Å². The number of anilines is 1. The van der Waals surface area contributed by atoms with E-state index in [1.807, 2.05) is 4.57 Å². The van der Waals surface area contributed by atoms with E-state index in [4.69, 9.17) is 0 Å². The SMILES string of the molecule is O=C(Nc1ccn(C(F)F)n1)C1CCn2c(Br)cnc2C1. The highest BCUT2D eigenvalue weighted by atomic mass is 79.9. The number of amides is 1. The molecule has 1 aliphatic rings. The fourth-order valence-corrected chi connectivity index (χ4v) is 2.85. The van der Waals surface area contributed by atoms with Crippen LogP contribution in [0.15, 0.2) is 23.1 Å². The van der Waals surface area contributed by atoms with Gasteiger partial charge in [-0.1, -0.05) is 0 Å². The van der Waals surface area contributed by atoms with E-state index >= 15 is 0 Å². The van der Waals surface area contributed by atoms with Crippen molar-refractivity contribution in [3.8, 4) is 0 Å². The van der Waals surface area contributed by atoms with Gasteiger partial charge in [-0.15, -0.1) is 0 Å². The van der Waals surface area contributed by atoms with Crippen LogP contribution >= 0.6 is 15.9 Å². The molecule has 9 heteroatoms. The number of imidazole rings is 1. The van der Waals surface area contributed by atoms with Crippen LogP contribution in [0.1, 0.15) is 18.8 Å². The van der Waals surface area contributed by atoms with Crippen LogP contribution in [0.3, 0.4) is 0 Å². The number of rotatable bonds is 3. The largest absolute Gasteiger partial charge is 0.333 e. The third-order valence-corrected chi connectivity index (χ3v) is 4.08. The van der Waals surface area contributed by atoms with Gasteiger partial charge in [0.05, 0.1) is 6.20 Å². The van der Waals surface area contributed by atoms with E-state index in [9.17, 15) is 13.6 Å². The molecule has 0 aliphatic carbocycles. The molecule has 2 aromatic rings. The molecule has 1 unspecified atom stereocenters. The lowest BCUT2D eigenvalue weighted by molar-refractivity contribution is -0.120. The van der Waals surface area contributed by atoms with Crippen LogP contribution in [0, 0.1) is 5.92 Å². The zero-order valence-electron chi connectivity index (χ0n) is 10.8. The second-order valence-electron chi connectivity index (χ2n) is 4.79. The highest BCUT2D eigenvalue weighted by molar-refractivity contribution is 9.10. The Balaban J connectivity index is 1.66. The smallest absolute Gasteiger partial charge is 0.323 e. The molecule has 21 heavy (non-hydrogen) atoms. The summed E-state index contributed by atoms with van der Waals surface area (Å²) in [6.07, 6.45) is 4.03. The van der Waals surface area contributed by atoms with Crippen LogP contribution in [0.25, 0.3) is 0 Å². The first-order valence-corrected chi connectivity index (χ1v) is 7.18. The summed E-state index contributed by atoms with van der Waals surface area (Å²) in [7, 11) is 0. The molecule has 112 valence electrons. The number of alkyl halides is 2. The highest BCUT2D eigenvalue weighted by Crippen LogP contribution is 2.25. The molecule has 0 fully saturated rings. The second kappa shape index (κ2) is 5.55. The van der Waals surface area contributed by atoms with E-state index in [1.54, 1.807) is 6.20 Å². The van der Waals surface area contributed by atoms with Crippen LogP contribution < -0.4 is 5.32 Å². The summed E-state index contributed by atoms with van der Waals surface area (Å²) in [6.45, 7) is -2.02. The van der Waals surface area contributed by atoms with Gasteiger partial charge in [-0.25, -0.2) is 9.67 Å². The van der Waals surface area contributed by atoms with Crippen molar-refractivity contribution in [1.29, 1.82) is 0 Å². The van der Waals surface area contributed by atoms with Gasteiger partial charge in [-0.2, -0.15) is 13.9 Å². The molecule has 2 aromatic heterocycles. The molecular weight excluding hydrogens is 348 g/mol. The quantitative estimate of drug-likeness (QED) is 0.915. The van der Waals surface area contributed by atoms with Gasteiger partial charge >= 0.3 is 6.55 Å². The molecule has 3 heterocycles. The molecule has 0 saturated heterocycles. The maximum absolute atomic E-state index is 12.4. The van der Waals surface area contributed by atoms with E-state index in [0.29, 0.717) is 24.1 Å². The van der Waals surface area contributed by atoms with Gasteiger partial charge in [-0.3, -0.25) is 4.79 Å². The van der Waals surface area contributed by atoms with Crippen molar-refractivity contribution < 1.29 is 13.6 Å². The van der Waals surface area contributed by atoms with Gasteiger partial charge in [0, 0.05) is 31.1 Å². The molecule has 0 bridgehead atoms. The Morgan fingerprint density at radius 2 is 2.33 bits per heavy atom. The third kappa shape index (κ3) is 2.82. The Hall–Kier alpha value is -1.77. The van der Waals surface area contributed by atoms with Crippen molar-refractivity contribution in [3.05, 3.63) is 28.9 Å². The Morgan fingerprint density at radius 3 is 3.05 bits per heavy atom. The van der Waals surface area contributed by atoms with E-state index in [1.165, 1.54) is 6.07 Å². The lowest BCUT2D eigenvalue weighted by Crippen LogP contribution is -2.30. The summed E-state index contributed by atoms with van der Waals surface area (Å²) >= 11 is 3.40. The summed E-state index contributed by atoms with van der Waals surface area (Å²) in [6, 6.07) is 1.35. The molecule has 0 aromatic carbocycles. The zero-order valence-corrected chi connectivity index (χ0v) is 12.4. The van der Waals surface area contributed by atoms with E-state index in [0.717, 1.165) is 16.6 Å². The Bertz CT molecular complexity index is 668. The fraction of sp³-hybridized carbons (Fsp3) is 0.417. The normalized spacial score (nSPS) is 17.8. The molecule has 0 spiro atoms. The zero-order chi connectivity index (χ0) is 15.0. The average molecular weight is 360 g/mol. The van der Waals surface area contributed by atoms with Crippen molar-refractivity contribution in [2.75, 3.05) is 5.32 Å². The van der Waals surface area contributed by atoms with Crippen LogP contribution in [0.5, 0.6) is 0 Å². The number of aromatic nitrogens is 4. The summed E-state index contributed by atoms with van der Waals surface area (Å²) in [5.74, 6) is 0.519. The minimum Gasteiger partial charge on any atom is -0.323 e. The first-order valence-electron chi connectivity index (χ1n) is 6.38. The summed E-state index contributed by atoms with van der Waals surface area (Å²) < 4.78 is 28.2. The van der Waals surface area contributed by atoms with Crippen LogP contribution in [0.4, 0.5) is 14.6 Å². The van der Waals surface area contributed by atoms with Crippen LogP contribution in [0.2, 0.25) is 0 Å². The molecule has 0 radical (unpaired) electrons. The average Bonchev–Trinajstić information content (AvgIpc) is 3.06. The molecule has 0 saturated carbocycles. The maximum atomic E-state index is 12.4. The van der Waals surface area contributed by atoms with Gasteiger partial charge < -0.3 is 9.88 Å². The Kier molecular flexibility index (Phi) is 3.75. The maximum Gasteiger partial charge on any atom is 0.333 e. The number of carbonyl (C=O) groups excluding carboxylic acids is 1. The predicted octanol–water partition coefficient (Wildman–Crippen LogP) is 2.44. The minimum absolute atomic E-state index is 0.135. The molecule has 1 N–H and O–H groups in total. The summed E-state index contributed by atoms with van der Waals surface area (Å²) in [5, 5.41) is 6.17. The number of hydrogen-bond acceptors (Lipinski definition) is 3. The van der Waals surface area contributed by atoms with Crippen molar-refractivity contribution in [3.63, 3.8) is 0 Å². The Labute approximate surface area is 127 Å². The Morgan fingerprint density at radius 1 is 1.52 bits per heavy atom. The number of hydrogen-bond donors (Lipinski definition) is 1. The molecular formula is C12H12BrF2N5O. The topological polar surface area (TPSA) is 64.7 Å². The number of nitrogens with zero attached hydrogens (tertiary/aromatic N) is 4. The lowest BCUT2D eigenvalue weighted by Gasteiger charge is -2.22.